The number of rotatable bonds is 6. The first kappa shape index (κ1) is 13.4. The molecule has 16 heavy (non-hydrogen) atoms. The van der Waals surface area contributed by atoms with Crippen molar-refractivity contribution >= 4 is 11.8 Å². The zero-order valence-corrected chi connectivity index (χ0v) is 11.1. The van der Waals surface area contributed by atoms with Gasteiger partial charge < -0.3 is 10.5 Å². The molecule has 2 nitrogen and oxygen atoms in total. The third-order valence-electron chi connectivity index (χ3n) is 2.54. The topological polar surface area (TPSA) is 35.2 Å². The first-order chi connectivity index (χ1) is 7.57. The van der Waals surface area contributed by atoms with Gasteiger partial charge in [0, 0.05) is 10.5 Å². The third kappa shape index (κ3) is 4.45. The molecule has 1 aromatic carbocycles. The molecule has 0 aromatic heterocycles. The molecule has 0 aliphatic rings. The van der Waals surface area contributed by atoms with Crippen LogP contribution in [0.25, 0.3) is 0 Å². The average Bonchev–Trinajstić information content (AvgIpc) is 2.27. The predicted octanol–water partition coefficient (Wildman–Crippen LogP) is 3.06. The highest BCUT2D eigenvalue weighted by molar-refractivity contribution is 7.99. The molecule has 0 aliphatic carbocycles. The lowest BCUT2D eigenvalue weighted by atomic mass is 10.1. The van der Waals surface area contributed by atoms with Gasteiger partial charge >= 0.3 is 0 Å². The summed E-state index contributed by atoms with van der Waals surface area (Å²) in [6.45, 7) is 5.24. The number of nitrogens with two attached hydrogens (primary N) is 1. The molecule has 1 aromatic rings. The van der Waals surface area contributed by atoms with Crippen molar-refractivity contribution in [3.8, 4) is 5.75 Å². The standard InChI is InChI=1S/C13H21NOS/c1-13(2,8-9-14)16-10-11-4-6-12(15-3)7-5-11/h4-7H,8-10,14H2,1-3H3. The van der Waals surface area contributed by atoms with E-state index in [-0.39, 0.29) is 4.75 Å². The van der Waals surface area contributed by atoms with Gasteiger partial charge in [-0.15, -0.1) is 0 Å². The second-order valence-corrected chi connectivity index (χ2v) is 6.12. The Morgan fingerprint density at radius 2 is 1.88 bits per heavy atom. The number of thioether (sulfide) groups is 1. The Hall–Kier alpha value is -0.670. The van der Waals surface area contributed by atoms with Gasteiger partial charge in [-0.3, -0.25) is 0 Å². The van der Waals surface area contributed by atoms with Crippen LogP contribution in [-0.4, -0.2) is 18.4 Å². The highest BCUT2D eigenvalue weighted by atomic mass is 32.2. The number of ether oxygens (including phenoxy) is 1. The molecule has 0 bridgehead atoms. The van der Waals surface area contributed by atoms with Crippen molar-refractivity contribution in [2.75, 3.05) is 13.7 Å². The zero-order chi connectivity index (χ0) is 12.0. The van der Waals surface area contributed by atoms with E-state index in [1.807, 2.05) is 23.9 Å². The molecular formula is C13H21NOS. The smallest absolute Gasteiger partial charge is 0.118 e. The Morgan fingerprint density at radius 1 is 1.25 bits per heavy atom. The molecule has 0 fully saturated rings. The van der Waals surface area contributed by atoms with Crippen molar-refractivity contribution in [1.82, 2.24) is 0 Å². The van der Waals surface area contributed by atoms with Crippen molar-refractivity contribution in [2.24, 2.45) is 5.73 Å². The molecule has 0 atom stereocenters. The maximum Gasteiger partial charge on any atom is 0.118 e. The minimum Gasteiger partial charge on any atom is -0.497 e. The maximum absolute atomic E-state index is 5.59. The van der Waals surface area contributed by atoms with Crippen LogP contribution in [0.5, 0.6) is 5.75 Å². The summed E-state index contributed by atoms with van der Waals surface area (Å²) in [5.74, 6) is 1.94. The lowest BCUT2D eigenvalue weighted by Crippen LogP contribution is -2.20. The monoisotopic (exact) mass is 239 g/mol. The molecule has 0 unspecified atom stereocenters. The van der Waals surface area contributed by atoms with Gasteiger partial charge in [-0.1, -0.05) is 26.0 Å². The molecule has 0 amide bonds. The van der Waals surface area contributed by atoms with Gasteiger partial charge in [0.1, 0.15) is 5.75 Å². The number of benzene rings is 1. The largest absolute Gasteiger partial charge is 0.497 e. The van der Waals surface area contributed by atoms with E-state index in [9.17, 15) is 0 Å². The third-order valence-corrected chi connectivity index (χ3v) is 4.00. The summed E-state index contributed by atoms with van der Waals surface area (Å²) in [5.41, 5.74) is 6.92. The Morgan fingerprint density at radius 3 is 2.38 bits per heavy atom. The highest BCUT2D eigenvalue weighted by Crippen LogP contribution is 2.30. The van der Waals surface area contributed by atoms with E-state index in [0.717, 1.165) is 24.5 Å². The number of hydrogen-bond donors (Lipinski definition) is 1. The summed E-state index contributed by atoms with van der Waals surface area (Å²) in [7, 11) is 1.69. The van der Waals surface area contributed by atoms with E-state index in [0.29, 0.717) is 0 Å². The quantitative estimate of drug-likeness (QED) is 0.828. The summed E-state index contributed by atoms with van der Waals surface area (Å²) in [6.07, 6.45) is 1.05. The lowest BCUT2D eigenvalue weighted by Gasteiger charge is -2.23. The lowest BCUT2D eigenvalue weighted by molar-refractivity contribution is 0.414. The van der Waals surface area contributed by atoms with Crippen LogP contribution in [0.1, 0.15) is 25.8 Å². The predicted molar refractivity (Wildman–Crippen MR) is 72.0 cm³/mol. The van der Waals surface area contributed by atoms with Crippen LogP contribution in [0.4, 0.5) is 0 Å². The van der Waals surface area contributed by atoms with Gasteiger partial charge in [-0.05, 0) is 30.7 Å². The normalized spacial score (nSPS) is 11.5. The van der Waals surface area contributed by atoms with Crippen LogP contribution in [0.2, 0.25) is 0 Å². The number of hydrogen-bond acceptors (Lipinski definition) is 3. The Bertz CT molecular complexity index is 308. The van der Waals surface area contributed by atoms with Crippen LogP contribution in [0.15, 0.2) is 24.3 Å². The Kier molecular flexibility index (Phi) is 5.16. The maximum atomic E-state index is 5.59. The zero-order valence-electron chi connectivity index (χ0n) is 10.3. The van der Waals surface area contributed by atoms with Crippen LogP contribution in [-0.2, 0) is 5.75 Å². The van der Waals surface area contributed by atoms with E-state index in [1.165, 1.54) is 5.56 Å². The van der Waals surface area contributed by atoms with Crippen molar-refractivity contribution in [3.05, 3.63) is 29.8 Å². The molecule has 0 saturated heterocycles. The van der Waals surface area contributed by atoms with Gasteiger partial charge in [0.05, 0.1) is 7.11 Å². The molecule has 2 N–H and O–H groups in total. The van der Waals surface area contributed by atoms with Gasteiger partial charge in [0.25, 0.3) is 0 Å². The van der Waals surface area contributed by atoms with E-state index >= 15 is 0 Å². The van der Waals surface area contributed by atoms with E-state index < -0.39 is 0 Å². The minimum atomic E-state index is 0.259. The average molecular weight is 239 g/mol. The molecule has 0 radical (unpaired) electrons. The van der Waals surface area contributed by atoms with Crippen LogP contribution < -0.4 is 10.5 Å². The minimum absolute atomic E-state index is 0.259. The number of methoxy groups -OCH3 is 1. The van der Waals surface area contributed by atoms with Crippen molar-refractivity contribution in [2.45, 2.75) is 30.8 Å². The fourth-order valence-corrected chi connectivity index (χ4v) is 2.43. The summed E-state index contributed by atoms with van der Waals surface area (Å²) in [6, 6.07) is 8.24. The molecule has 0 spiro atoms. The summed E-state index contributed by atoms with van der Waals surface area (Å²) >= 11 is 1.95. The molecule has 0 saturated carbocycles. The van der Waals surface area contributed by atoms with Crippen molar-refractivity contribution in [3.63, 3.8) is 0 Å². The molecule has 0 heterocycles. The van der Waals surface area contributed by atoms with Gasteiger partial charge in [0.15, 0.2) is 0 Å². The molecule has 0 aliphatic heterocycles. The second kappa shape index (κ2) is 6.16. The first-order valence-corrected chi connectivity index (χ1v) is 6.53. The van der Waals surface area contributed by atoms with E-state index in [1.54, 1.807) is 7.11 Å². The summed E-state index contributed by atoms with van der Waals surface area (Å²) in [5, 5.41) is 0. The molecule has 3 heteroatoms. The van der Waals surface area contributed by atoms with E-state index in [4.69, 9.17) is 10.5 Å². The van der Waals surface area contributed by atoms with Crippen molar-refractivity contribution < 1.29 is 4.74 Å². The Balaban J connectivity index is 2.48. The van der Waals surface area contributed by atoms with E-state index in [2.05, 4.69) is 26.0 Å². The Labute approximate surface area is 103 Å². The van der Waals surface area contributed by atoms with Crippen molar-refractivity contribution in [1.29, 1.82) is 0 Å². The highest BCUT2D eigenvalue weighted by Gasteiger charge is 2.16. The molecule has 1 rings (SSSR count). The fourth-order valence-electron chi connectivity index (χ4n) is 1.42. The van der Waals surface area contributed by atoms with Gasteiger partial charge in [-0.25, -0.2) is 0 Å². The van der Waals surface area contributed by atoms with Gasteiger partial charge in [-0.2, -0.15) is 11.8 Å². The molecule has 90 valence electrons. The summed E-state index contributed by atoms with van der Waals surface area (Å²) < 4.78 is 5.39. The van der Waals surface area contributed by atoms with Crippen LogP contribution in [0, 0.1) is 0 Å². The van der Waals surface area contributed by atoms with Gasteiger partial charge in [0.2, 0.25) is 0 Å². The SMILES string of the molecule is COc1ccc(CSC(C)(C)CCN)cc1. The molecular weight excluding hydrogens is 218 g/mol. The first-order valence-electron chi connectivity index (χ1n) is 5.54. The summed E-state index contributed by atoms with van der Waals surface area (Å²) in [4.78, 5) is 0. The van der Waals surface area contributed by atoms with Crippen LogP contribution >= 0.6 is 11.8 Å². The van der Waals surface area contributed by atoms with Crippen LogP contribution in [0.3, 0.4) is 0 Å². The fraction of sp³-hybridized carbons (Fsp3) is 0.538. The second-order valence-electron chi connectivity index (χ2n) is 4.44.